The molecule has 2 aliphatic rings. The summed E-state index contributed by atoms with van der Waals surface area (Å²) in [5.74, 6) is 1.03. The van der Waals surface area contributed by atoms with Crippen LogP contribution in [0.5, 0.6) is 0 Å². The summed E-state index contributed by atoms with van der Waals surface area (Å²) in [5, 5.41) is 3.94. The lowest BCUT2D eigenvalue weighted by Gasteiger charge is -2.42. The summed E-state index contributed by atoms with van der Waals surface area (Å²) in [6.45, 7) is 9.90. The average molecular weight is 320 g/mol. The van der Waals surface area contributed by atoms with E-state index >= 15 is 0 Å². The summed E-state index contributed by atoms with van der Waals surface area (Å²) in [6.07, 6.45) is 2.55. The van der Waals surface area contributed by atoms with Crippen molar-refractivity contribution < 1.29 is 9.32 Å². The molecule has 3 rings (SSSR count). The van der Waals surface area contributed by atoms with E-state index in [2.05, 4.69) is 22.0 Å². The third kappa shape index (κ3) is 3.75. The van der Waals surface area contributed by atoms with E-state index in [9.17, 15) is 4.79 Å². The maximum absolute atomic E-state index is 12.5. The zero-order valence-corrected chi connectivity index (χ0v) is 14.5. The minimum atomic E-state index is 0.000984. The summed E-state index contributed by atoms with van der Waals surface area (Å²) < 4.78 is 5.25. The third-order valence-electron chi connectivity index (χ3n) is 5.03. The highest BCUT2D eigenvalue weighted by atomic mass is 16.5. The van der Waals surface area contributed by atoms with E-state index in [0.717, 1.165) is 38.5 Å². The maximum atomic E-state index is 12.5. The first kappa shape index (κ1) is 16.5. The van der Waals surface area contributed by atoms with Gasteiger partial charge in [0.1, 0.15) is 5.76 Å². The van der Waals surface area contributed by atoms with E-state index in [1.165, 1.54) is 19.4 Å². The van der Waals surface area contributed by atoms with Crippen molar-refractivity contribution in [2.75, 3.05) is 46.3 Å². The molecular weight excluding hydrogens is 292 g/mol. The Hall–Kier alpha value is -1.40. The second-order valence-corrected chi connectivity index (χ2v) is 7.16. The second-order valence-electron chi connectivity index (χ2n) is 7.16. The van der Waals surface area contributed by atoms with Gasteiger partial charge in [-0.05, 0) is 26.4 Å². The quantitative estimate of drug-likeness (QED) is 0.848. The Morgan fingerprint density at radius 1 is 1.26 bits per heavy atom. The van der Waals surface area contributed by atoms with Gasteiger partial charge in [0.05, 0.1) is 0 Å². The average Bonchev–Trinajstić information content (AvgIpc) is 3.04. The standard InChI is InChI=1S/C17H28N4O2/c1-13(2)16-11-15(18-23-16)17(22)21-9-7-20(8-10-21)14-5-4-6-19(3)12-14/h11,13-14H,4-10,12H2,1-3H3/t14-/m1/s1. The van der Waals surface area contributed by atoms with Gasteiger partial charge in [-0.1, -0.05) is 19.0 Å². The number of hydrogen-bond acceptors (Lipinski definition) is 5. The highest BCUT2D eigenvalue weighted by Crippen LogP contribution is 2.19. The Kier molecular flexibility index (Phi) is 5.02. The first-order valence-corrected chi connectivity index (χ1v) is 8.73. The van der Waals surface area contributed by atoms with Gasteiger partial charge in [-0.25, -0.2) is 0 Å². The SMILES string of the molecule is CC(C)c1cc(C(=O)N2CCN([C@@H]3CCCN(C)C3)CC2)no1. The van der Waals surface area contributed by atoms with E-state index in [1.54, 1.807) is 6.07 Å². The summed E-state index contributed by atoms with van der Waals surface area (Å²) >= 11 is 0. The van der Waals surface area contributed by atoms with Gasteiger partial charge < -0.3 is 14.3 Å². The van der Waals surface area contributed by atoms with Gasteiger partial charge in [0.15, 0.2) is 5.69 Å². The molecule has 2 saturated heterocycles. The minimum Gasteiger partial charge on any atom is -0.360 e. The van der Waals surface area contributed by atoms with Gasteiger partial charge in [0.25, 0.3) is 5.91 Å². The fraction of sp³-hybridized carbons (Fsp3) is 0.765. The smallest absolute Gasteiger partial charge is 0.276 e. The molecule has 1 atom stereocenters. The summed E-state index contributed by atoms with van der Waals surface area (Å²) in [7, 11) is 2.20. The molecule has 2 aliphatic heterocycles. The Morgan fingerprint density at radius 2 is 2.00 bits per heavy atom. The van der Waals surface area contributed by atoms with Crippen molar-refractivity contribution in [1.82, 2.24) is 19.9 Å². The molecule has 1 aromatic heterocycles. The number of aromatic nitrogens is 1. The molecule has 0 bridgehead atoms. The van der Waals surface area contributed by atoms with Crippen LogP contribution in [0.25, 0.3) is 0 Å². The molecule has 1 amide bonds. The van der Waals surface area contributed by atoms with Gasteiger partial charge in [-0.15, -0.1) is 0 Å². The van der Waals surface area contributed by atoms with Gasteiger partial charge >= 0.3 is 0 Å². The van der Waals surface area contributed by atoms with Crippen LogP contribution in [-0.4, -0.2) is 78.1 Å². The number of piperazine rings is 1. The van der Waals surface area contributed by atoms with Crippen LogP contribution in [0.1, 0.15) is 48.9 Å². The maximum Gasteiger partial charge on any atom is 0.276 e. The molecule has 1 aromatic rings. The first-order chi connectivity index (χ1) is 11.0. The van der Waals surface area contributed by atoms with Crippen LogP contribution < -0.4 is 0 Å². The van der Waals surface area contributed by atoms with Crippen LogP contribution in [0.4, 0.5) is 0 Å². The minimum absolute atomic E-state index is 0.000984. The number of piperidine rings is 1. The monoisotopic (exact) mass is 320 g/mol. The Bertz CT molecular complexity index is 534. The van der Waals surface area contributed by atoms with E-state index in [4.69, 9.17) is 4.52 Å². The summed E-state index contributed by atoms with van der Waals surface area (Å²) in [5.41, 5.74) is 0.444. The van der Waals surface area contributed by atoms with E-state index < -0.39 is 0 Å². The van der Waals surface area contributed by atoms with E-state index in [1.807, 2.05) is 18.7 Å². The highest BCUT2D eigenvalue weighted by Gasteiger charge is 2.29. The van der Waals surface area contributed by atoms with Crippen molar-refractivity contribution >= 4 is 5.91 Å². The van der Waals surface area contributed by atoms with E-state index in [-0.39, 0.29) is 11.8 Å². The Balaban J connectivity index is 1.54. The zero-order chi connectivity index (χ0) is 16.4. The molecule has 0 N–H and O–H groups in total. The van der Waals surface area contributed by atoms with Gasteiger partial charge in [0, 0.05) is 50.7 Å². The number of amides is 1. The second kappa shape index (κ2) is 7.01. The molecular formula is C17H28N4O2. The lowest BCUT2D eigenvalue weighted by Crippen LogP contribution is -2.55. The predicted octanol–water partition coefficient (Wildman–Crippen LogP) is 1.65. The number of likely N-dealkylation sites (tertiary alicyclic amines) is 1. The normalized spacial score (nSPS) is 24.3. The molecule has 0 aromatic carbocycles. The molecule has 0 radical (unpaired) electrons. The third-order valence-corrected chi connectivity index (χ3v) is 5.03. The molecule has 6 heteroatoms. The summed E-state index contributed by atoms with van der Waals surface area (Å²) in [4.78, 5) is 19.4. The molecule has 2 fully saturated rings. The number of carbonyl (C=O) groups is 1. The first-order valence-electron chi connectivity index (χ1n) is 8.73. The van der Waals surface area contributed by atoms with Crippen LogP contribution in [0, 0.1) is 0 Å². The lowest BCUT2D eigenvalue weighted by molar-refractivity contribution is 0.0445. The molecule has 0 unspecified atom stereocenters. The predicted molar refractivity (Wildman–Crippen MR) is 88.6 cm³/mol. The molecule has 0 spiro atoms. The van der Waals surface area contributed by atoms with Crippen molar-refractivity contribution in [3.05, 3.63) is 17.5 Å². The largest absolute Gasteiger partial charge is 0.360 e. The topological polar surface area (TPSA) is 52.8 Å². The lowest BCUT2D eigenvalue weighted by atomic mass is 10.0. The van der Waals surface area contributed by atoms with Crippen LogP contribution in [-0.2, 0) is 0 Å². The van der Waals surface area contributed by atoms with Gasteiger partial charge in [-0.2, -0.15) is 0 Å². The van der Waals surface area contributed by atoms with Crippen molar-refractivity contribution in [2.24, 2.45) is 0 Å². The van der Waals surface area contributed by atoms with Crippen molar-refractivity contribution in [2.45, 2.75) is 38.6 Å². The molecule has 6 nitrogen and oxygen atoms in total. The van der Waals surface area contributed by atoms with Crippen molar-refractivity contribution in [3.8, 4) is 0 Å². The zero-order valence-electron chi connectivity index (χ0n) is 14.5. The number of likely N-dealkylation sites (N-methyl/N-ethyl adjacent to an activating group) is 1. The van der Waals surface area contributed by atoms with E-state index in [0.29, 0.717) is 11.7 Å². The van der Waals surface area contributed by atoms with Crippen LogP contribution in [0.2, 0.25) is 0 Å². The van der Waals surface area contributed by atoms with Crippen molar-refractivity contribution in [1.29, 1.82) is 0 Å². The molecule has 3 heterocycles. The van der Waals surface area contributed by atoms with Gasteiger partial charge in [-0.3, -0.25) is 9.69 Å². The van der Waals surface area contributed by atoms with Crippen molar-refractivity contribution in [3.63, 3.8) is 0 Å². The fourth-order valence-corrected chi connectivity index (χ4v) is 3.55. The number of hydrogen-bond donors (Lipinski definition) is 0. The van der Waals surface area contributed by atoms with Gasteiger partial charge in [0.2, 0.25) is 0 Å². The number of nitrogens with zero attached hydrogens (tertiary/aromatic N) is 4. The van der Waals surface area contributed by atoms with Crippen LogP contribution in [0.3, 0.4) is 0 Å². The highest BCUT2D eigenvalue weighted by molar-refractivity contribution is 5.92. The summed E-state index contributed by atoms with van der Waals surface area (Å²) in [6, 6.07) is 2.43. The van der Waals surface area contributed by atoms with Crippen LogP contribution >= 0.6 is 0 Å². The fourth-order valence-electron chi connectivity index (χ4n) is 3.55. The Labute approximate surface area is 138 Å². The molecule has 0 saturated carbocycles. The van der Waals surface area contributed by atoms with Crippen LogP contribution in [0.15, 0.2) is 10.6 Å². The number of carbonyl (C=O) groups excluding carboxylic acids is 1. The Morgan fingerprint density at radius 3 is 2.61 bits per heavy atom. The molecule has 23 heavy (non-hydrogen) atoms. The molecule has 0 aliphatic carbocycles. The number of rotatable bonds is 3. The molecule has 128 valence electrons.